The van der Waals surface area contributed by atoms with Crippen molar-refractivity contribution >= 4 is 31.5 Å². The molecule has 0 aliphatic carbocycles. The summed E-state index contributed by atoms with van der Waals surface area (Å²) in [5, 5.41) is 21.9. The minimum Gasteiger partial charge on any atom is -0.508 e. The standard InChI is InChI=1S/C18H12O2S/c19-12-8-11(9-13(20)10-12)14-5-3-6-16-15-4-1-2-7-17(15)21-18(14)16/h1-10,19-20H. The smallest absolute Gasteiger partial charge is 0.119 e. The van der Waals surface area contributed by atoms with Crippen molar-refractivity contribution in [2.75, 3.05) is 0 Å². The maximum atomic E-state index is 9.71. The van der Waals surface area contributed by atoms with Crippen LogP contribution in [-0.4, -0.2) is 10.2 Å². The molecule has 0 atom stereocenters. The Balaban J connectivity index is 2.09. The van der Waals surface area contributed by atoms with Gasteiger partial charge in [0.2, 0.25) is 0 Å². The van der Waals surface area contributed by atoms with E-state index in [2.05, 4.69) is 18.2 Å². The average molecular weight is 292 g/mol. The summed E-state index contributed by atoms with van der Waals surface area (Å²) in [6, 6.07) is 19.2. The number of thiophene rings is 1. The minimum atomic E-state index is 0.0723. The third-order valence-corrected chi connectivity index (χ3v) is 4.84. The van der Waals surface area contributed by atoms with Crippen LogP contribution in [0.4, 0.5) is 0 Å². The zero-order chi connectivity index (χ0) is 14.4. The maximum absolute atomic E-state index is 9.71. The Bertz CT molecular complexity index is 949. The molecule has 0 bridgehead atoms. The van der Waals surface area contributed by atoms with Crippen molar-refractivity contribution in [3.63, 3.8) is 0 Å². The van der Waals surface area contributed by atoms with Crippen molar-refractivity contribution in [3.05, 3.63) is 60.7 Å². The molecule has 4 rings (SSSR count). The van der Waals surface area contributed by atoms with Gasteiger partial charge < -0.3 is 10.2 Å². The highest BCUT2D eigenvalue weighted by molar-refractivity contribution is 7.26. The van der Waals surface area contributed by atoms with E-state index in [0.717, 1.165) is 11.1 Å². The summed E-state index contributed by atoms with van der Waals surface area (Å²) in [7, 11) is 0. The van der Waals surface area contributed by atoms with Crippen molar-refractivity contribution in [2.45, 2.75) is 0 Å². The lowest BCUT2D eigenvalue weighted by Crippen LogP contribution is -1.78. The van der Waals surface area contributed by atoms with E-state index < -0.39 is 0 Å². The molecule has 2 N–H and O–H groups in total. The average Bonchev–Trinajstić information content (AvgIpc) is 2.84. The van der Waals surface area contributed by atoms with Crippen molar-refractivity contribution < 1.29 is 10.2 Å². The molecule has 2 nitrogen and oxygen atoms in total. The molecule has 21 heavy (non-hydrogen) atoms. The van der Waals surface area contributed by atoms with Gasteiger partial charge in [0.05, 0.1) is 0 Å². The summed E-state index contributed by atoms with van der Waals surface area (Å²) in [5.74, 6) is 0.145. The van der Waals surface area contributed by atoms with Crippen LogP contribution in [0.5, 0.6) is 11.5 Å². The first-order chi connectivity index (χ1) is 10.2. The number of phenols is 2. The van der Waals surface area contributed by atoms with Crippen LogP contribution in [0.25, 0.3) is 31.3 Å². The monoisotopic (exact) mass is 292 g/mol. The second-order valence-electron chi connectivity index (χ2n) is 5.02. The second-order valence-corrected chi connectivity index (χ2v) is 6.07. The van der Waals surface area contributed by atoms with Crippen molar-refractivity contribution in [3.8, 4) is 22.6 Å². The quantitative estimate of drug-likeness (QED) is 0.510. The van der Waals surface area contributed by atoms with Crippen LogP contribution < -0.4 is 0 Å². The van der Waals surface area contributed by atoms with Crippen LogP contribution in [0.2, 0.25) is 0 Å². The van der Waals surface area contributed by atoms with E-state index in [1.54, 1.807) is 23.5 Å². The second kappa shape index (κ2) is 4.50. The molecular formula is C18H12O2S. The van der Waals surface area contributed by atoms with Crippen LogP contribution in [0.3, 0.4) is 0 Å². The third kappa shape index (κ3) is 1.94. The fourth-order valence-electron chi connectivity index (χ4n) is 2.73. The number of rotatable bonds is 1. The Morgan fingerprint density at radius 1 is 0.714 bits per heavy atom. The molecule has 0 spiro atoms. The summed E-state index contributed by atoms with van der Waals surface area (Å²) in [6.07, 6.45) is 0. The topological polar surface area (TPSA) is 40.5 Å². The summed E-state index contributed by atoms with van der Waals surface area (Å²) >= 11 is 1.73. The summed E-state index contributed by atoms with van der Waals surface area (Å²) in [6.45, 7) is 0. The van der Waals surface area contributed by atoms with Gasteiger partial charge in [-0.25, -0.2) is 0 Å². The molecule has 102 valence electrons. The molecule has 3 aromatic carbocycles. The van der Waals surface area contributed by atoms with Gasteiger partial charge in [0.15, 0.2) is 0 Å². The molecule has 0 amide bonds. The fourth-order valence-corrected chi connectivity index (χ4v) is 3.96. The zero-order valence-corrected chi connectivity index (χ0v) is 11.9. The number of aromatic hydroxyl groups is 2. The predicted molar refractivity (Wildman–Crippen MR) is 88.1 cm³/mol. The summed E-state index contributed by atoms with van der Waals surface area (Å²) in [5.41, 5.74) is 1.85. The van der Waals surface area contributed by atoms with Crippen molar-refractivity contribution in [2.24, 2.45) is 0 Å². The Morgan fingerprint density at radius 2 is 1.43 bits per heavy atom. The number of fused-ring (bicyclic) bond motifs is 3. The summed E-state index contributed by atoms with van der Waals surface area (Å²) < 4.78 is 2.41. The van der Waals surface area contributed by atoms with E-state index in [9.17, 15) is 10.2 Å². The maximum Gasteiger partial charge on any atom is 0.119 e. The molecule has 0 unspecified atom stereocenters. The molecule has 0 aliphatic heterocycles. The van der Waals surface area contributed by atoms with E-state index in [1.807, 2.05) is 24.3 Å². The van der Waals surface area contributed by atoms with Gasteiger partial charge in [0, 0.05) is 26.2 Å². The van der Waals surface area contributed by atoms with Gasteiger partial charge in [-0.1, -0.05) is 36.4 Å². The van der Waals surface area contributed by atoms with Gasteiger partial charge in [-0.15, -0.1) is 11.3 Å². The lowest BCUT2D eigenvalue weighted by molar-refractivity contribution is 0.451. The van der Waals surface area contributed by atoms with E-state index in [1.165, 1.54) is 26.2 Å². The first-order valence-corrected chi connectivity index (χ1v) is 7.48. The predicted octanol–water partition coefficient (Wildman–Crippen LogP) is 5.13. The van der Waals surface area contributed by atoms with E-state index >= 15 is 0 Å². The van der Waals surface area contributed by atoms with Crippen LogP contribution >= 0.6 is 11.3 Å². The Kier molecular flexibility index (Phi) is 2.62. The van der Waals surface area contributed by atoms with Gasteiger partial charge >= 0.3 is 0 Å². The highest BCUT2D eigenvalue weighted by Gasteiger charge is 2.11. The van der Waals surface area contributed by atoms with Crippen molar-refractivity contribution in [1.82, 2.24) is 0 Å². The molecule has 1 aromatic heterocycles. The first kappa shape index (κ1) is 12.2. The van der Waals surface area contributed by atoms with E-state index in [4.69, 9.17) is 0 Å². The number of phenolic OH excluding ortho intramolecular Hbond substituents is 2. The minimum absolute atomic E-state index is 0.0723. The van der Waals surface area contributed by atoms with Gasteiger partial charge in [0.25, 0.3) is 0 Å². The van der Waals surface area contributed by atoms with Crippen LogP contribution in [0.15, 0.2) is 60.7 Å². The molecule has 0 fully saturated rings. The van der Waals surface area contributed by atoms with Crippen LogP contribution in [-0.2, 0) is 0 Å². The summed E-state index contributed by atoms with van der Waals surface area (Å²) in [4.78, 5) is 0. The highest BCUT2D eigenvalue weighted by atomic mass is 32.1. The molecule has 3 heteroatoms. The number of hydrogen-bond donors (Lipinski definition) is 2. The van der Waals surface area contributed by atoms with Gasteiger partial charge in [-0.3, -0.25) is 0 Å². The zero-order valence-electron chi connectivity index (χ0n) is 11.1. The molecule has 1 heterocycles. The fraction of sp³-hybridized carbons (Fsp3) is 0. The SMILES string of the molecule is Oc1cc(O)cc(-c2cccc3c2sc2ccccc23)c1. The van der Waals surface area contributed by atoms with Gasteiger partial charge in [-0.05, 0) is 29.3 Å². The number of hydrogen-bond acceptors (Lipinski definition) is 3. The van der Waals surface area contributed by atoms with Gasteiger partial charge in [-0.2, -0.15) is 0 Å². The molecule has 0 radical (unpaired) electrons. The molecule has 0 aliphatic rings. The largest absolute Gasteiger partial charge is 0.508 e. The van der Waals surface area contributed by atoms with E-state index in [0.29, 0.717) is 0 Å². The third-order valence-electron chi connectivity index (χ3n) is 3.62. The van der Waals surface area contributed by atoms with Crippen LogP contribution in [0, 0.1) is 0 Å². The lowest BCUT2D eigenvalue weighted by Gasteiger charge is -2.05. The molecule has 4 aromatic rings. The Hall–Kier alpha value is -2.52. The Labute approximate surface area is 125 Å². The van der Waals surface area contributed by atoms with Crippen molar-refractivity contribution in [1.29, 1.82) is 0 Å². The molecule has 0 saturated carbocycles. The van der Waals surface area contributed by atoms with E-state index in [-0.39, 0.29) is 11.5 Å². The molecule has 0 saturated heterocycles. The normalized spacial score (nSPS) is 11.2. The highest BCUT2D eigenvalue weighted by Crippen LogP contribution is 2.40. The van der Waals surface area contributed by atoms with Crippen LogP contribution in [0.1, 0.15) is 0 Å². The lowest BCUT2D eigenvalue weighted by atomic mass is 10.0. The Morgan fingerprint density at radius 3 is 2.24 bits per heavy atom. The number of benzene rings is 3. The van der Waals surface area contributed by atoms with Gasteiger partial charge in [0.1, 0.15) is 11.5 Å². The first-order valence-electron chi connectivity index (χ1n) is 6.66. The molecular weight excluding hydrogens is 280 g/mol.